The van der Waals surface area contributed by atoms with Crippen molar-refractivity contribution in [2.24, 2.45) is 0 Å². The molecule has 1 amide bonds. The summed E-state index contributed by atoms with van der Waals surface area (Å²) in [5, 5.41) is 0. The average molecular weight is 275 g/mol. The molecule has 108 valence electrons. The molecule has 1 aliphatic rings. The van der Waals surface area contributed by atoms with Crippen LogP contribution in [0.5, 0.6) is 0 Å². The van der Waals surface area contributed by atoms with E-state index in [0.717, 1.165) is 31.4 Å². The van der Waals surface area contributed by atoms with Gasteiger partial charge in [-0.25, -0.2) is 4.79 Å². The first-order valence-corrected chi connectivity index (χ1v) is 6.96. The molecule has 0 aromatic heterocycles. The van der Waals surface area contributed by atoms with Gasteiger partial charge in [0.2, 0.25) is 0 Å². The van der Waals surface area contributed by atoms with Crippen molar-refractivity contribution in [1.29, 1.82) is 0 Å². The highest BCUT2D eigenvalue weighted by Crippen LogP contribution is 2.17. The van der Waals surface area contributed by atoms with Crippen molar-refractivity contribution in [1.82, 2.24) is 4.90 Å². The Hall–Kier alpha value is -1.97. The molecule has 1 heterocycles. The highest BCUT2D eigenvalue weighted by atomic mass is 16.6. The zero-order valence-electron chi connectivity index (χ0n) is 11.9. The summed E-state index contributed by atoms with van der Waals surface area (Å²) >= 11 is 0. The Balaban J connectivity index is 1.82. The van der Waals surface area contributed by atoms with Gasteiger partial charge >= 0.3 is 6.09 Å². The SMILES string of the molecule is COC=C1CCCN(C(=O)OCc2ccccc2)CC1. The zero-order chi connectivity index (χ0) is 14.2. The second-order valence-electron chi connectivity index (χ2n) is 4.89. The lowest BCUT2D eigenvalue weighted by molar-refractivity contribution is 0.0976. The fraction of sp³-hybridized carbons (Fsp3) is 0.438. The lowest BCUT2D eigenvalue weighted by atomic mass is 10.1. The normalized spacial score (nSPS) is 17.6. The summed E-state index contributed by atoms with van der Waals surface area (Å²) in [4.78, 5) is 13.8. The van der Waals surface area contributed by atoms with Gasteiger partial charge < -0.3 is 14.4 Å². The van der Waals surface area contributed by atoms with E-state index >= 15 is 0 Å². The number of hydrogen-bond acceptors (Lipinski definition) is 3. The Morgan fingerprint density at radius 2 is 2.05 bits per heavy atom. The summed E-state index contributed by atoms with van der Waals surface area (Å²) < 4.78 is 10.4. The Labute approximate surface area is 120 Å². The molecule has 0 aliphatic carbocycles. The third kappa shape index (κ3) is 4.30. The molecule has 0 N–H and O–H groups in total. The Kier molecular flexibility index (Phi) is 5.47. The van der Waals surface area contributed by atoms with Gasteiger partial charge in [-0.05, 0) is 30.4 Å². The van der Waals surface area contributed by atoms with E-state index in [-0.39, 0.29) is 6.09 Å². The van der Waals surface area contributed by atoms with E-state index in [4.69, 9.17) is 9.47 Å². The number of nitrogens with zero attached hydrogens (tertiary/aromatic N) is 1. The van der Waals surface area contributed by atoms with Gasteiger partial charge in [0.15, 0.2) is 0 Å². The van der Waals surface area contributed by atoms with Crippen LogP contribution in [0.2, 0.25) is 0 Å². The molecule has 0 unspecified atom stereocenters. The Morgan fingerprint density at radius 1 is 1.25 bits per heavy atom. The van der Waals surface area contributed by atoms with Crippen molar-refractivity contribution < 1.29 is 14.3 Å². The maximum Gasteiger partial charge on any atom is 0.410 e. The number of hydrogen-bond donors (Lipinski definition) is 0. The van der Waals surface area contributed by atoms with Crippen LogP contribution in [0.25, 0.3) is 0 Å². The lowest BCUT2D eigenvalue weighted by Gasteiger charge is -2.19. The van der Waals surface area contributed by atoms with E-state index < -0.39 is 0 Å². The van der Waals surface area contributed by atoms with Crippen LogP contribution in [0.3, 0.4) is 0 Å². The number of methoxy groups -OCH3 is 1. The molecule has 0 bridgehead atoms. The standard InChI is InChI=1S/C16H21NO3/c1-19-12-15-8-5-10-17(11-9-15)16(18)20-13-14-6-3-2-4-7-14/h2-4,6-7,12H,5,8-11,13H2,1H3. The summed E-state index contributed by atoms with van der Waals surface area (Å²) in [5.41, 5.74) is 2.27. The van der Waals surface area contributed by atoms with Gasteiger partial charge in [-0.2, -0.15) is 0 Å². The topological polar surface area (TPSA) is 38.8 Å². The number of amides is 1. The monoisotopic (exact) mass is 275 g/mol. The van der Waals surface area contributed by atoms with Gasteiger partial charge in [0.1, 0.15) is 6.61 Å². The molecule has 0 radical (unpaired) electrons. The summed E-state index contributed by atoms with van der Waals surface area (Å²) in [6, 6.07) is 9.74. The Bertz CT molecular complexity index is 456. The van der Waals surface area contributed by atoms with Gasteiger partial charge in [-0.1, -0.05) is 30.3 Å². The Morgan fingerprint density at radius 3 is 2.80 bits per heavy atom. The molecule has 1 aromatic rings. The van der Waals surface area contributed by atoms with E-state index in [1.807, 2.05) is 30.3 Å². The molecule has 0 saturated carbocycles. The molecular weight excluding hydrogens is 254 g/mol. The third-order valence-corrected chi connectivity index (χ3v) is 3.38. The van der Waals surface area contributed by atoms with Crippen LogP contribution in [-0.4, -0.2) is 31.2 Å². The van der Waals surface area contributed by atoms with E-state index in [9.17, 15) is 4.79 Å². The molecule has 1 aromatic carbocycles. The molecule has 4 heteroatoms. The maximum absolute atomic E-state index is 12.0. The average Bonchev–Trinajstić information content (AvgIpc) is 2.72. The number of rotatable bonds is 3. The maximum atomic E-state index is 12.0. The summed E-state index contributed by atoms with van der Waals surface area (Å²) in [7, 11) is 1.66. The van der Waals surface area contributed by atoms with Gasteiger partial charge in [-0.15, -0.1) is 0 Å². The molecule has 1 fully saturated rings. The van der Waals surface area contributed by atoms with Crippen LogP contribution in [-0.2, 0) is 16.1 Å². The minimum absolute atomic E-state index is 0.229. The van der Waals surface area contributed by atoms with Gasteiger partial charge in [-0.3, -0.25) is 0 Å². The number of ether oxygens (including phenoxy) is 2. The van der Waals surface area contributed by atoms with E-state index in [1.165, 1.54) is 5.57 Å². The van der Waals surface area contributed by atoms with Crippen molar-refractivity contribution >= 4 is 6.09 Å². The molecule has 4 nitrogen and oxygen atoms in total. The van der Waals surface area contributed by atoms with Crippen LogP contribution < -0.4 is 0 Å². The summed E-state index contributed by atoms with van der Waals surface area (Å²) in [6.07, 6.45) is 4.35. The lowest BCUT2D eigenvalue weighted by Crippen LogP contribution is -2.32. The van der Waals surface area contributed by atoms with Crippen LogP contribution >= 0.6 is 0 Å². The molecule has 1 saturated heterocycles. The second kappa shape index (κ2) is 7.58. The summed E-state index contributed by atoms with van der Waals surface area (Å²) in [5.74, 6) is 0. The van der Waals surface area contributed by atoms with Crippen molar-refractivity contribution in [3.8, 4) is 0 Å². The fourth-order valence-corrected chi connectivity index (χ4v) is 2.29. The predicted molar refractivity (Wildman–Crippen MR) is 77.1 cm³/mol. The highest BCUT2D eigenvalue weighted by molar-refractivity contribution is 5.67. The fourth-order valence-electron chi connectivity index (χ4n) is 2.29. The van der Waals surface area contributed by atoms with Crippen molar-refractivity contribution in [3.05, 3.63) is 47.7 Å². The molecule has 0 spiro atoms. The van der Waals surface area contributed by atoms with Gasteiger partial charge in [0.25, 0.3) is 0 Å². The van der Waals surface area contributed by atoms with Crippen LogP contribution in [0.15, 0.2) is 42.2 Å². The third-order valence-electron chi connectivity index (χ3n) is 3.38. The smallest absolute Gasteiger partial charge is 0.410 e. The van der Waals surface area contributed by atoms with Crippen LogP contribution in [0.1, 0.15) is 24.8 Å². The molecule has 0 atom stereocenters. The van der Waals surface area contributed by atoms with Crippen molar-refractivity contribution in [3.63, 3.8) is 0 Å². The molecule has 20 heavy (non-hydrogen) atoms. The first-order valence-electron chi connectivity index (χ1n) is 6.96. The number of likely N-dealkylation sites (tertiary alicyclic amines) is 1. The van der Waals surface area contributed by atoms with Crippen LogP contribution in [0.4, 0.5) is 4.79 Å². The first-order chi connectivity index (χ1) is 9.79. The quantitative estimate of drug-likeness (QED) is 0.794. The molecular formula is C16H21NO3. The molecule has 1 aliphatic heterocycles. The largest absolute Gasteiger partial charge is 0.504 e. The number of benzene rings is 1. The first kappa shape index (κ1) is 14.4. The van der Waals surface area contributed by atoms with E-state index in [1.54, 1.807) is 18.3 Å². The highest BCUT2D eigenvalue weighted by Gasteiger charge is 2.18. The van der Waals surface area contributed by atoms with Crippen molar-refractivity contribution in [2.45, 2.75) is 25.9 Å². The second-order valence-corrected chi connectivity index (χ2v) is 4.89. The predicted octanol–water partition coefficient (Wildman–Crippen LogP) is 3.34. The zero-order valence-corrected chi connectivity index (χ0v) is 11.9. The van der Waals surface area contributed by atoms with Gasteiger partial charge in [0, 0.05) is 13.1 Å². The summed E-state index contributed by atoms with van der Waals surface area (Å²) in [6.45, 7) is 1.77. The van der Waals surface area contributed by atoms with E-state index in [2.05, 4.69) is 0 Å². The van der Waals surface area contributed by atoms with Crippen molar-refractivity contribution in [2.75, 3.05) is 20.2 Å². The molecule has 2 rings (SSSR count). The number of carbonyl (C=O) groups is 1. The van der Waals surface area contributed by atoms with Crippen LogP contribution in [0, 0.1) is 0 Å². The van der Waals surface area contributed by atoms with Gasteiger partial charge in [0.05, 0.1) is 13.4 Å². The minimum Gasteiger partial charge on any atom is -0.504 e. The van der Waals surface area contributed by atoms with E-state index in [0.29, 0.717) is 13.2 Å². The minimum atomic E-state index is -0.229. The number of carbonyl (C=O) groups excluding carboxylic acids is 1.